The van der Waals surface area contributed by atoms with Gasteiger partial charge in [-0.2, -0.15) is 4.98 Å². The number of rotatable bonds is 17. The highest BCUT2D eigenvalue weighted by Crippen LogP contribution is 2.22. The summed E-state index contributed by atoms with van der Waals surface area (Å²) in [7, 11) is 0. The van der Waals surface area contributed by atoms with Crippen molar-refractivity contribution in [2.45, 2.75) is 91.1 Å². The van der Waals surface area contributed by atoms with Crippen LogP contribution < -0.4 is 0 Å². The number of unbranched alkanes of at least 4 members (excludes halogenated alkanes) is 8. The van der Waals surface area contributed by atoms with Gasteiger partial charge in [0.1, 0.15) is 0 Å². The molecule has 0 aliphatic rings. The molecule has 1 heterocycles. The van der Waals surface area contributed by atoms with Crippen molar-refractivity contribution in [3.8, 4) is 22.6 Å². The van der Waals surface area contributed by atoms with Crippen molar-refractivity contribution in [2.24, 2.45) is 0 Å². The highest BCUT2D eigenvalue weighted by atomic mass is 16.5. The van der Waals surface area contributed by atoms with Crippen LogP contribution in [0.15, 0.2) is 83.4 Å². The molecule has 0 unspecified atom stereocenters. The largest absolute Gasteiger partial charge is 0.334 e. The fourth-order valence-electron chi connectivity index (χ4n) is 5.10. The molecule has 206 valence electrons. The quantitative estimate of drug-likeness (QED) is 0.129. The first-order valence-electron chi connectivity index (χ1n) is 15.0. The second-order valence-electron chi connectivity index (χ2n) is 10.7. The van der Waals surface area contributed by atoms with Crippen LogP contribution in [0.5, 0.6) is 0 Å². The summed E-state index contributed by atoms with van der Waals surface area (Å²) in [4.78, 5) is 7.12. The van der Waals surface area contributed by atoms with Gasteiger partial charge in [0, 0.05) is 25.1 Å². The lowest BCUT2D eigenvalue weighted by Gasteiger charge is -2.21. The van der Waals surface area contributed by atoms with Crippen molar-refractivity contribution in [2.75, 3.05) is 6.54 Å². The highest BCUT2D eigenvalue weighted by molar-refractivity contribution is 5.63. The van der Waals surface area contributed by atoms with Crippen LogP contribution in [0.25, 0.3) is 22.6 Å². The van der Waals surface area contributed by atoms with Crippen molar-refractivity contribution in [1.82, 2.24) is 15.0 Å². The van der Waals surface area contributed by atoms with E-state index in [0.29, 0.717) is 5.89 Å². The summed E-state index contributed by atoms with van der Waals surface area (Å²) < 4.78 is 5.58. The van der Waals surface area contributed by atoms with Crippen molar-refractivity contribution < 1.29 is 4.52 Å². The van der Waals surface area contributed by atoms with E-state index in [1.165, 1.54) is 73.6 Å². The van der Waals surface area contributed by atoms with Gasteiger partial charge >= 0.3 is 0 Å². The number of aromatic nitrogens is 2. The minimum Gasteiger partial charge on any atom is -0.334 e. The summed E-state index contributed by atoms with van der Waals surface area (Å²) >= 11 is 0. The first kappa shape index (κ1) is 28.8. The number of hydrogen-bond acceptors (Lipinski definition) is 4. The van der Waals surface area contributed by atoms with Gasteiger partial charge in [-0.15, -0.1) is 0 Å². The van der Waals surface area contributed by atoms with E-state index >= 15 is 0 Å². The number of aryl methyl sites for hydroxylation is 1. The number of nitrogens with zero attached hydrogens (tertiary/aromatic N) is 3. The molecule has 0 aliphatic heterocycles. The van der Waals surface area contributed by atoms with E-state index in [1.807, 2.05) is 0 Å². The van der Waals surface area contributed by atoms with Gasteiger partial charge in [0.15, 0.2) is 5.82 Å². The summed E-state index contributed by atoms with van der Waals surface area (Å²) in [5.41, 5.74) is 6.14. The average Bonchev–Trinajstić information content (AvgIpc) is 3.46. The smallest absolute Gasteiger partial charge is 0.257 e. The molecule has 0 amide bonds. The first-order valence-corrected chi connectivity index (χ1v) is 15.0. The summed E-state index contributed by atoms with van der Waals surface area (Å²) in [6, 6.07) is 28.0. The molecule has 4 heteroatoms. The lowest BCUT2D eigenvalue weighted by molar-refractivity contribution is 0.271. The molecule has 0 saturated heterocycles. The third-order valence-corrected chi connectivity index (χ3v) is 7.47. The predicted octanol–water partition coefficient (Wildman–Crippen LogP) is 9.50. The van der Waals surface area contributed by atoms with Crippen LogP contribution >= 0.6 is 0 Å². The molecule has 0 saturated carbocycles. The van der Waals surface area contributed by atoms with E-state index in [9.17, 15) is 0 Å². The lowest BCUT2D eigenvalue weighted by atomic mass is 10.0. The molecule has 0 atom stereocenters. The molecule has 1 aromatic heterocycles. The molecule has 4 rings (SSSR count). The van der Waals surface area contributed by atoms with Crippen molar-refractivity contribution in [1.29, 1.82) is 0 Å². The van der Waals surface area contributed by atoms with E-state index in [2.05, 4.69) is 108 Å². The summed E-state index contributed by atoms with van der Waals surface area (Å²) in [6.45, 7) is 7.31. The molecule has 0 N–H and O–H groups in total. The topological polar surface area (TPSA) is 42.2 Å². The number of benzene rings is 3. The molecule has 0 bridgehead atoms. The van der Waals surface area contributed by atoms with Gasteiger partial charge in [0.05, 0.1) is 0 Å². The summed E-state index contributed by atoms with van der Waals surface area (Å²) in [6.07, 6.45) is 12.8. The molecule has 4 nitrogen and oxygen atoms in total. The molecular weight excluding hydrogens is 478 g/mol. The van der Waals surface area contributed by atoms with Crippen molar-refractivity contribution in [3.05, 3.63) is 95.8 Å². The van der Waals surface area contributed by atoms with Gasteiger partial charge in [0.25, 0.3) is 5.89 Å². The Bertz CT molecular complexity index is 1220. The SMILES string of the molecule is CCCCCCCCCCCc1noc(-c2ccc(CN(CC)Cc3cccc(-c4ccccc4)c3)cc2)n1. The Balaban J connectivity index is 1.23. The second-order valence-corrected chi connectivity index (χ2v) is 10.7. The third-order valence-electron chi connectivity index (χ3n) is 7.47. The Hall–Kier alpha value is -3.24. The Morgan fingerprint density at radius 3 is 2.00 bits per heavy atom. The number of hydrogen-bond donors (Lipinski definition) is 0. The normalized spacial score (nSPS) is 11.4. The minimum absolute atomic E-state index is 0.623. The van der Waals surface area contributed by atoms with Gasteiger partial charge in [-0.3, -0.25) is 4.90 Å². The zero-order valence-electron chi connectivity index (χ0n) is 23.9. The van der Waals surface area contributed by atoms with E-state index < -0.39 is 0 Å². The van der Waals surface area contributed by atoms with Crippen LogP contribution in [0.1, 0.15) is 88.6 Å². The Labute approximate surface area is 235 Å². The Morgan fingerprint density at radius 1 is 0.615 bits per heavy atom. The highest BCUT2D eigenvalue weighted by Gasteiger charge is 2.11. The fraction of sp³-hybridized carbons (Fsp3) is 0.429. The van der Waals surface area contributed by atoms with Gasteiger partial charge in [-0.1, -0.05) is 131 Å². The fourth-order valence-corrected chi connectivity index (χ4v) is 5.10. The van der Waals surface area contributed by atoms with E-state index in [1.54, 1.807) is 0 Å². The molecule has 39 heavy (non-hydrogen) atoms. The van der Waals surface area contributed by atoms with Crippen LogP contribution in [0.4, 0.5) is 0 Å². The molecule has 4 aromatic rings. The van der Waals surface area contributed by atoms with E-state index in [0.717, 1.165) is 43.9 Å². The van der Waals surface area contributed by atoms with Gasteiger partial charge in [0.2, 0.25) is 0 Å². The standard InChI is InChI=1S/C35H45N3O/c1-3-5-6-7-8-9-10-11-15-21-34-36-35(39-37-34)32-24-22-29(23-25-32)27-38(4-2)28-30-17-16-20-33(26-30)31-18-13-12-14-19-31/h12-14,16-20,22-26H,3-11,15,21,27-28H2,1-2H3. The van der Waals surface area contributed by atoms with Crippen molar-refractivity contribution >= 4 is 0 Å². The molecule has 0 fully saturated rings. The van der Waals surface area contributed by atoms with Crippen LogP contribution in [-0.4, -0.2) is 21.6 Å². The minimum atomic E-state index is 0.623. The Morgan fingerprint density at radius 2 is 1.28 bits per heavy atom. The first-order chi connectivity index (χ1) is 19.2. The van der Waals surface area contributed by atoms with Crippen LogP contribution in [0.2, 0.25) is 0 Å². The average molecular weight is 524 g/mol. The zero-order chi connectivity index (χ0) is 27.1. The Kier molecular flexibility index (Phi) is 11.8. The lowest BCUT2D eigenvalue weighted by Crippen LogP contribution is -2.22. The van der Waals surface area contributed by atoms with Crippen LogP contribution in [-0.2, 0) is 19.5 Å². The monoisotopic (exact) mass is 523 g/mol. The molecule has 0 radical (unpaired) electrons. The zero-order valence-corrected chi connectivity index (χ0v) is 23.9. The maximum atomic E-state index is 5.58. The predicted molar refractivity (Wildman–Crippen MR) is 162 cm³/mol. The molecule has 3 aromatic carbocycles. The van der Waals surface area contributed by atoms with Gasteiger partial charge < -0.3 is 4.52 Å². The van der Waals surface area contributed by atoms with Crippen LogP contribution in [0.3, 0.4) is 0 Å². The summed E-state index contributed by atoms with van der Waals surface area (Å²) in [5.74, 6) is 1.45. The van der Waals surface area contributed by atoms with Gasteiger partial charge in [-0.25, -0.2) is 0 Å². The second kappa shape index (κ2) is 16.0. The third kappa shape index (κ3) is 9.47. The maximum absolute atomic E-state index is 5.58. The molecular formula is C35H45N3O. The maximum Gasteiger partial charge on any atom is 0.257 e. The molecule has 0 spiro atoms. The van der Waals surface area contributed by atoms with Gasteiger partial charge in [-0.05, 0) is 53.4 Å². The summed E-state index contributed by atoms with van der Waals surface area (Å²) in [5, 5.41) is 4.23. The van der Waals surface area contributed by atoms with E-state index in [-0.39, 0.29) is 0 Å². The van der Waals surface area contributed by atoms with Crippen LogP contribution in [0, 0.1) is 0 Å². The molecule has 0 aliphatic carbocycles. The van der Waals surface area contributed by atoms with Crippen molar-refractivity contribution in [3.63, 3.8) is 0 Å². The van der Waals surface area contributed by atoms with E-state index in [4.69, 9.17) is 4.52 Å².